The largest absolute Gasteiger partial charge is 0.309 e. The van der Waals surface area contributed by atoms with Gasteiger partial charge in [0.15, 0.2) is 0 Å². The van der Waals surface area contributed by atoms with Crippen LogP contribution in [0, 0.1) is 0 Å². The number of para-hydroxylation sites is 2. The van der Waals surface area contributed by atoms with Crippen LogP contribution in [0.2, 0.25) is 0 Å². The summed E-state index contributed by atoms with van der Waals surface area (Å²) in [5, 5.41) is 2.63. The zero-order chi connectivity index (χ0) is 21.2. The van der Waals surface area contributed by atoms with Crippen molar-refractivity contribution in [2.45, 2.75) is 32.1 Å². The summed E-state index contributed by atoms with van der Waals surface area (Å²) in [6.07, 6.45) is 2.23. The van der Waals surface area contributed by atoms with Crippen molar-refractivity contribution >= 4 is 35.1 Å². The molecule has 1 aromatic heterocycles. The summed E-state index contributed by atoms with van der Waals surface area (Å²) in [6.45, 7) is 4.69. The number of benzene rings is 4. The van der Waals surface area contributed by atoms with Gasteiger partial charge in [-0.1, -0.05) is 80.0 Å². The molecule has 0 bridgehead atoms. The normalized spacial score (nSPS) is 14.1. The number of fused-ring (bicyclic) bond motifs is 6. The van der Waals surface area contributed by atoms with Crippen LogP contribution in [0.3, 0.4) is 0 Å². The van der Waals surface area contributed by atoms with E-state index in [-0.39, 0.29) is 5.41 Å². The number of aromatic nitrogens is 1. The van der Waals surface area contributed by atoms with Crippen molar-refractivity contribution < 1.29 is 0 Å². The lowest BCUT2D eigenvalue weighted by Gasteiger charge is -2.30. The average molecular weight is 399 g/mol. The summed E-state index contributed by atoms with van der Waals surface area (Å²) >= 11 is 0. The fourth-order valence-electron chi connectivity index (χ4n) is 5.95. The second kappa shape index (κ2) is 6.62. The Morgan fingerprint density at radius 2 is 1.23 bits per heavy atom. The summed E-state index contributed by atoms with van der Waals surface area (Å²) in [5.41, 5.74) is 11.0. The molecule has 0 aliphatic heterocycles. The predicted octanol–water partition coefficient (Wildman–Crippen LogP) is 6.13. The zero-order valence-electron chi connectivity index (χ0n) is 18.4. The summed E-state index contributed by atoms with van der Waals surface area (Å²) in [6, 6.07) is 31.7. The molecular weight excluding hydrogens is 373 g/mol. The molecule has 0 N–H and O–H groups in total. The van der Waals surface area contributed by atoms with Crippen LogP contribution in [0.4, 0.5) is 0 Å². The van der Waals surface area contributed by atoms with Gasteiger partial charge >= 0.3 is 0 Å². The molecule has 2 heteroatoms. The minimum atomic E-state index is 0.0887. The van der Waals surface area contributed by atoms with Gasteiger partial charge in [-0.15, -0.1) is 0 Å². The van der Waals surface area contributed by atoms with E-state index in [2.05, 4.69) is 111 Å². The highest BCUT2D eigenvalue weighted by Crippen LogP contribution is 2.53. The van der Waals surface area contributed by atoms with Gasteiger partial charge in [-0.3, -0.25) is 0 Å². The lowest BCUT2D eigenvalue weighted by atomic mass is 9.73. The standard InChI is InChI=1S/C29H26BN/c1-3-29(4-2)25-17-19(30)13-15-21(25)22-16-14-20(18-26(22)29)31-27-11-7-5-9-23(27)24-10-6-8-12-28(24)31/h5-18H,3-4,30H2,1-2H3. The number of rotatable bonds is 3. The molecule has 5 aromatic rings. The molecule has 0 amide bonds. The molecule has 0 saturated heterocycles. The first-order chi connectivity index (χ1) is 15.2. The van der Waals surface area contributed by atoms with Crippen LogP contribution in [0.5, 0.6) is 0 Å². The van der Waals surface area contributed by atoms with Gasteiger partial charge < -0.3 is 4.57 Å². The fraction of sp³-hybridized carbons (Fsp3) is 0.172. The van der Waals surface area contributed by atoms with E-state index >= 15 is 0 Å². The second-order valence-corrected chi connectivity index (χ2v) is 8.94. The highest BCUT2D eigenvalue weighted by Gasteiger charge is 2.40. The number of nitrogens with zero attached hydrogens (tertiary/aromatic N) is 1. The van der Waals surface area contributed by atoms with E-state index in [9.17, 15) is 0 Å². The highest BCUT2D eigenvalue weighted by molar-refractivity contribution is 6.32. The first kappa shape index (κ1) is 18.5. The molecule has 1 aliphatic carbocycles. The molecule has 1 aliphatic rings. The molecule has 4 aromatic carbocycles. The molecule has 0 saturated carbocycles. The van der Waals surface area contributed by atoms with Gasteiger partial charge in [0.05, 0.1) is 11.0 Å². The number of hydrogen-bond acceptors (Lipinski definition) is 0. The maximum atomic E-state index is 2.47. The van der Waals surface area contributed by atoms with Gasteiger partial charge in [-0.05, 0) is 59.4 Å². The van der Waals surface area contributed by atoms with Crippen molar-refractivity contribution in [2.75, 3.05) is 0 Å². The van der Waals surface area contributed by atoms with Gasteiger partial charge in [0.25, 0.3) is 0 Å². The molecule has 0 unspecified atom stereocenters. The van der Waals surface area contributed by atoms with E-state index in [0.717, 1.165) is 12.8 Å². The lowest BCUT2D eigenvalue weighted by molar-refractivity contribution is 0.490. The maximum Gasteiger partial charge on any atom is 0.139 e. The molecule has 0 spiro atoms. The summed E-state index contributed by atoms with van der Waals surface area (Å²) in [5.74, 6) is 0. The lowest BCUT2D eigenvalue weighted by Crippen LogP contribution is -2.24. The summed E-state index contributed by atoms with van der Waals surface area (Å²) < 4.78 is 2.44. The van der Waals surface area contributed by atoms with Crippen molar-refractivity contribution in [3.8, 4) is 16.8 Å². The monoisotopic (exact) mass is 399 g/mol. The third-order valence-electron chi connectivity index (χ3n) is 7.54. The van der Waals surface area contributed by atoms with E-state index in [1.54, 1.807) is 0 Å². The third kappa shape index (κ3) is 2.39. The molecule has 0 atom stereocenters. The van der Waals surface area contributed by atoms with E-state index in [1.807, 2.05) is 0 Å². The predicted molar refractivity (Wildman–Crippen MR) is 136 cm³/mol. The zero-order valence-corrected chi connectivity index (χ0v) is 18.4. The SMILES string of the molecule is Bc1ccc2c(c1)C(CC)(CC)c1cc(-n3c4ccccc4c4ccccc43)ccc1-2. The topological polar surface area (TPSA) is 4.93 Å². The fourth-order valence-corrected chi connectivity index (χ4v) is 5.95. The van der Waals surface area contributed by atoms with E-state index in [0.29, 0.717) is 0 Å². The Bertz CT molecular complexity index is 1420. The van der Waals surface area contributed by atoms with Crippen LogP contribution in [-0.2, 0) is 5.41 Å². The molecule has 0 radical (unpaired) electrons. The quantitative estimate of drug-likeness (QED) is 0.322. The van der Waals surface area contributed by atoms with Crippen molar-refractivity contribution in [3.63, 3.8) is 0 Å². The van der Waals surface area contributed by atoms with Crippen molar-refractivity contribution in [2.24, 2.45) is 0 Å². The van der Waals surface area contributed by atoms with Crippen LogP contribution in [0.25, 0.3) is 38.6 Å². The smallest absolute Gasteiger partial charge is 0.139 e. The number of hydrogen-bond donors (Lipinski definition) is 0. The minimum absolute atomic E-state index is 0.0887. The van der Waals surface area contributed by atoms with E-state index < -0.39 is 0 Å². The molecular formula is C29H26BN. The Balaban J connectivity index is 1.67. The molecule has 1 heterocycles. The molecule has 31 heavy (non-hydrogen) atoms. The van der Waals surface area contributed by atoms with Crippen LogP contribution in [0.1, 0.15) is 37.8 Å². The minimum Gasteiger partial charge on any atom is -0.309 e. The van der Waals surface area contributed by atoms with Gasteiger partial charge in [0.1, 0.15) is 7.85 Å². The average Bonchev–Trinajstić information content (AvgIpc) is 3.28. The molecule has 6 rings (SSSR count). The first-order valence-corrected chi connectivity index (χ1v) is 11.4. The third-order valence-corrected chi connectivity index (χ3v) is 7.54. The molecule has 0 fully saturated rings. The van der Waals surface area contributed by atoms with Gasteiger partial charge in [0, 0.05) is 21.9 Å². The second-order valence-electron chi connectivity index (χ2n) is 8.94. The Kier molecular flexibility index (Phi) is 3.95. The van der Waals surface area contributed by atoms with Crippen LogP contribution >= 0.6 is 0 Å². The van der Waals surface area contributed by atoms with Crippen LogP contribution < -0.4 is 5.46 Å². The highest BCUT2D eigenvalue weighted by atomic mass is 15.0. The molecule has 150 valence electrons. The Labute approximate surface area is 184 Å². The summed E-state index contributed by atoms with van der Waals surface area (Å²) in [7, 11) is 2.21. The molecule has 1 nitrogen and oxygen atoms in total. The van der Waals surface area contributed by atoms with Crippen molar-refractivity contribution in [1.29, 1.82) is 0 Å². The Morgan fingerprint density at radius 3 is 1.84 bits per heavy atom. The van der Waals surface area contributed by atoms with Gasteiger partial charge in [0.2, 0.25) is 0 Å². The Morgan fingerprint density at radius 1 is 0.677 bits per heavy atom. The first-order valence-electron chi connectivity index (χ1n) is 11.4. The van der Waals surface area contributed by atoms with Crippen molar-refractivity contribution in [3.05, 3.63) is 96.1 Å². The van der Waals surface area contributed by atoms with Gasteiger partial charge in [-0.2, -0.15) is 0 Å². The van der Waals surface area contributed by atoms with Gasteiger partial charge in [-0.25, -0.2) is 0 Å². The van der Waals surface area contributed by atoms with Crippen LogP contribution in [-0.4, -0.2) is 12.4 Å². The van der Waals surface area contributed by atoms with E-state index in [1.165, 1.54) is 55.2 Å². The van der Waals surface area contributed by atoms with E-state index in [4.69, 9.17) is 0 Å². The van der Waals surface area contributed by atoms with Crippen LogP contribution in [0.15, 0.2) is 84.9 Å². The maximum absolute atomic E-state index is 2.47. The summed E-state index contributed by atoms with van der Waals surface area (Å²) in [4.78, 5) is 0. The Hall–Kier alpha value is -3.26. The van der Waals surface area contributed by atoms with Crippen molar-refractivity contribution in [1.82, 2.24) is 4.57 Å².